The molecule has 4 aromatic rings. The largest absolute Gasteiger partial charge is 0.465 e. The normalized spacial score (nSPS) is 25.3. The number of rotatable bonds is 32. The van der Waals surface area contributed by atoms with E-state index in [0.29, 0.717) is 74.0 Å². The number of carbonyl (C=O) groups excluding carboxylic acids is 5. The lowest BCUT2D eigenvalue weighted by molar-refractivity contribution is -0.154. The van der Waals surface area contributed by atoms with Crippen LogP contribution in [0.15, 0.2) is 154 Å². The Morgan fingerprint density at radius 1 is 0.539 bits per heavy atom. The molecular formula is C81H112O19S2. The van der Waals surface area contributed by atoms with E-state index >= 15 is 0 Å². The lowest BCUT2D eigenvalue weighted by Gasteiger charge is -2.38. The number of sulfone groups is 2. The van der Waals surface area contributed by atoms with Crippen molar-refractivity contribution >= 4 is 49.5 Å². The van der Waals surface area contributed by atoms with Gasteiger partial charge in [-0.05, 0) is 189 Å². The van der Waals surface area contributed by atoms with Gasteiger partial charge in [0, 0.05) is 31.8 Å². The van der Waals surface area contributed by atoms with Crippen molar-refractivity contribution in [3.05, 3.63) is 156 Å². The molecule has 3 fully saturated rings. The van der Waals surface area contributed by atoms with Gasteiger partial charge in [-0.2, -0.15) is 0 Å². The van der Waals surface area contributed by atoms with Gasteiger partial charge in [-0.15, -0.1) is 0 Å². The van der Waals surface area contributed by atoms with E-state index < -0.39 is 54.7 Å². The van der Waals surface area contributed by atoms with Crippen LogP contribution in [0.3, 0.4) is 0 Å². The fourth-order valence-electron chi connectivity index (χ4n) is 13.7. The van der Waals surface area contributed by atoms with Gasteiger partial charge in [-0.25, -0.2) is 31.2 Å². The van der Waals surface area contributed by atoms with Gasteiger partial charge in [-0.1, -0.05) is 120 Å². The van der Waals surface area contributed by atoms with Crippen molar-refractivity contribution in [2.24, 2.45) is 52.3 Å². The van der Waals surface area contributed by atoms with Crippen LogP contribution < -0.4 is 0 Å². The number of benzene rings is 4. The monoisotopic (exact) mass is 1450 g/mol. The smallest absolute Gasteiger partial charge is 0.338 e. The molecule has 0 N–H and O–H groups in total. The molecule has 102 heavy (non-hydrogen) atoms. The lowest BCUT2D eigenvalue weighted by Crippen LogP contribution is -2.38. The van der Waals surface area contributed by atoms with Crippen molar-refractivity contribution in [1.29, 1.82) is 0 Å². The highest BCUT2D eigenvalue weighted by Crippen LogP contribution is 2.45. The van der Waals surface area contributed by atoms with Crippen LogP contribution >= 0.6 is 0 Å². The second-order valence-corrected chi connectivity index (χ2v) is 34.7. The summed E-state index contributed by atoms with van der Waals surface area (Å²) in [7, 11) is -5.83. The number of esters is 5. The fourth-order valence-corrected chi connectivity index (χ4v) is 17.3. The van der Waals surface area contributed by atoms with Crippen molar-refractivity contribution in [2.75, 3.05) is 58.3 Å². The molecule has 4 aliphatic heterocycles. The average Bonchev–Trinajstić information content (AvgIpc) is 1.62. The Hall–Kier alpha value is -6.59. The molecule has 0 spiro atoms. The predicted molar refractivity (Wildman–Crippen MR) is 390 cm³/mol. The Morgan fingerprint density at radius 3 is 1.36 bits per heavy atom. The highest BCUT2D eigenvalue weighted by Gasteiger charge is 2.48. The van der Waals surface area contributed by atoms with E-state index in [4.69, 9.17) is 47.4 Å². The zero-order valence-electron chi connectivity index (χ0n) is 62.2. The summed E-state index contributed by atoms with van der Waals surface area (Å²) in [6.45, 7) is 28.5. The summed E-state index contributed by atoms with van der Waals surface area (Å²) in [5, 5.41) is 0. The van der Waals surface area contributed by atoms with Crippen LogP contribution in [0.25, 0.3) is 0 Å². The van der Waals surface area contributed by atoms with E-state index in [2.05, 4.69) is 20.4 Å². The molecule has 0 saturated carbocycles. The molecule has 562 valence electrons. The molecule has 4 heterocycles. The Bertz CT molecular complexity index is 3610. The third-order valence-corrected chi connectivity index (χ3v) is 23.5. The molecule has 15 atom stereocenters. The molecule has 0 bridgehead atoms. The van der Waals surface area contributed by atoms with Gasteiger partial charge in [0.1, 0.15) is 13.2 Å². The molecule has 2 unspecified atom stereocenters. The summed E-state index contributed by atoms with van der Waals surface area (Å²) in [4.78, 5) is 62.6. The molecule has 0 amide bonds. The van der Waals surface area contributed by atoms with Crippen LogP contribution in [0.5, 0.6) is 0 Å². The Kier molecular flexibility index (Phi) is 31.2. The first-order valence-corrected chi connectivity index (χ1v) is 39.5. The van der Waals surface area contributed by atoms with Crippen molar-refractivity contribution in [3.63, 3.8) is 0 Å². The third-order valence-electron chi connectivity index (χ3n) is 19.9. The van der Waals surface area contributed by atoms with Crippen molar-refractivity contribution in [2.45, 2.75) is 206 Å². The minimum atomic E-state index is -3.68. The fraction of sp³-hybridized carbons (Fsp3) is 0.593. The quantitative estimate of drug-likeness (QED) is 0.0191. The van der Waals surface area contributed by atoms with Crippen molar-refractivity contribution in [1.82, 2.24) is 0 Å². The number of hydrogen-bond donors (Lipinski definition) is 0. The van der Waals surface area contributed by atoms with Gasteiger partial charge in [-0.3, -0.25) is 9.59 Å². The van der Waals surface area contributed by atoms with E-state index in [9.17, 15) is 40.8 Å². The summed E-state index contributed by atoms with van der Waals surface area (Å²) >= 11 is 0. The standard InChI is InChI=1S/C42H58O11S.C39H54O8S/c1-28(24-51-40(44)31-15-10-8-11-16-31)21-36-30(3)35(27-54(46,47)33-18-12-9-13-19-33)38(53-36)23-37-34(25-50-39(43)26-48-7)29(2)22-32(52-37)17-14-20-49-41(45)42(4,5)6;1-26(24-45-37(40)30-15-10-8-11-16-30)21-34-29(4)33(25-48(42,43)32-18-12-9-13-19-32)36(47-34)23-35-28(3)27(2)22-31(46-35)17-14-20-44-38(41)39(5,6)7/h8-13,15-16,18-19,28,30,32,35-38H,14,17,20-27H2,1-7H3;8-13,15-16,18-19,26-27,29,31,33-36H,3,14,17,20-25H2,1-2,4-7H3/t28-,30+,32-,35+,36+,37?,38-;26-,27+,29+,31-,33+,34+,35?,36-/m00/s1. The first kappa shape index (κ1) is 82.7. The molecule has 21 heteroatoms. The summed E-state index contributed by atoms with van der Waals surface area (Å²) in [6.07, 6.45) is 3.77. The van der Waals surface area contributed by atoms with Crippen molar-refractivity contribution in [3.8, 4) is 0 Å². The van der Waals surface area contributed by atoms with Crippen molar-refractivity contribution < 1.29 is 88.2 Å². The lowest BCUT2D eigenvalue weighted by atomic mass is 9.82. The van der Waals surface area contributed by atoms with Crippen LogP contribution in [0.1, 0.15) is 168 Å². The topological polar surface area (TPSA) is 246 Å². The number of carbonyl (C=O) groups is 5. The maximum atomic E-state index is 13.8. The second-order valence-electron chi connectivity index (χ2n) is 30.6. The average molecular weight is 1450 g/mol. The van der Waals surface area contributed by atoms with E-state index in [1.807, 2.05) is 87.4 Å². The van der Waals surface area contributed by atoms with Gasteiger partial charge < -0.3 is 47.4 Å². The Balaban J connectivity index is 0.000000288. The molecular weight excluding hydrogens is 1340 g/mol. The van der Waals surface area contributed by atoms with Gasteiger partial charge in [0.15, 0.2) is 19.7 Å². The summed E-state index contributed by atoms with van der Waals surface area (Å²) in [5.41, 5.74) is 2.70. The van der Waals surface area contributed by atoms with Gasteiger partial charge in [0.2, 0.25) is 0 Å². The number of ether oxygens (including phenoxy) is 10. The maximum absolute atomic E-state index is 13.8. The van der Waals surface area contributed by atoms with Gasteiger partial charge in [0.25, 0.3) is 0 Å². The number of methoxy groups -OCH3 is 1. The summed E-state index contributed by atoms with van der Waals surface area (Å²) < 4.78 is 114. The molecule has 0 radical (unpaired) electrons. The minimum Gasteiger partial charge on any atom is -0.465 e. The zero-order chi connectivity index (χ0) is 74.5. The zero-order valence-corrected chi connectivity index (χ0v) is 63.8. The van der Waals surface area contributed by atoms with E-state index in [1.165, 1.54) is 7.11 Å². The van der Waals surface area contributed by atoms with E-state index in [0.717, 1.165) is 29.6 Å². The SMILES string of the molecule is C=C1C(C[C@@H]2O[C@H](C[C@H](C)COC(=O)c3ccccc3)[C@H](C)[C@H]2CS(=O)(=O)c2ccccc2)O[C@@H](CCCOC(=O)C(C)(C)C)C[C@H]1C.COCC(=O)OCC1=C(C)C[C@H](CCCOC(=O)C(C)(C)C)OC1C[C@@H]1O[C@H](C[C@H](C)COC(=O)c2ccccc2)[C@H](C)[C@H]1CS(=O)(=O)c1ccccc1. The predicted octanol–water partition coefficient (Wildman–Crippen LogP) is 14.3. The first-order chi connectivity index (χ1) is 48.2. The third kappa shape index (κ3) is 24.8. The van der Waals surface area contributed by atoms with Crippen LogP contribution in [0.4, 0.5) is 0 Å². The Labute approximate surface area is 606 Å². The van der Waals surface area contributed by atoms with Gasteiger partial charge >= 0.3 is 29.8 Å². The van der Waals surface area contributed by atoms with Crippen LogP contribution in [0, 0.1) is 52.3 Å². The van der Waals surface area contributed by atoms with Crippen LogP contribution in [-0.4, -0.2) is 154 Å². The summed E-state index contributed by atoms with van der Waals surface area (Å²) in [5.74, 6) is -2.55. The molecule has 0 aromatic heterocycles. The summed E-state index contributed by atoms with van der Waals surface area (Å²) in [6, 6.07) is 34.7. The maximum Gasteiger partial charge on any atom is 0.338 e. The highest BCUT2D eigenvalue weighted by molar-refractivity contribution is 7.91. The van der Waals surface area contributed by atoms with E-state index in [1.54, 1.807) is 103 Å². The molecule has 4 aliphatic rings. The minimum absolute atomic E-state index is 0.00734. The van der Waals surface area contributed by atoms with Gasteiger partial charge in [0.05, 0.1) is 119 Å². The molecule has 19 nitrogen and oxygen atoms in total. The van der Waals surface area contributed by atoms with Crippen LogP contribution in [-0.2, 0) is 81.4 Å². The van der Waals surface area contributed by atoms with E-state index in [-0.39, 0.29) is 145 Å². The van der Waals surface area contributed by atoms with Crippen LogP contribution in [0.2, 0.25) is 0 Å². The number of hydrogen-bond acceptors (Lipinski definition) is 19. The Morgan fingerprint density at radius 2 is 0.941 bits per heavy atom. The molecule has 3 saturated heterocycles. The first-order valence-electron chi connectivity index (χ1n) is 36.2. The second kappa shape index (κ2) is 38.4. The molecule has 0 aliphatic carbocycles. The molecule has 8 rings (SSSR count). The molecule has 4 aromatic carbocycles. The highest BCUT2D eigenvalue weighted by atomic mass is 32.2.